The minimum absolute atomic E-state index is 0.101. The molecule has 0 unspecified atom stereocenters. The van der Waals surface area contributed by atoms with Crippen LogP contribution in [0.2, 0.25) is 5.02 Å². The molecule has 2 aromatic rings. The lowest BCUT2D eigenvalue weighted by Gasteiger charge is -2.32. The number of allylic oxidation sites excluding steroid dienone is 2. The summed E-state index contributed by atoms with van der Waals surface area (Å²) in [6, 6.07) is 7.32. The summed E-state index contributed by atoms with van der Waals surface area (Å²) >= 11 is 12.5. The highest BCUT2D eigenvalue weighted by Gasteiger charge is 2.54. The highest BCUT2D eigenvalue weighted by molar-refractivity contribution is 9.18. The van der Waals surface area contributed by atoms with Crippen LogP contribution in [-0.2, 0) is 0 Å². The Labute approximate surface area is 157 Å². The maximum Gasteiger partial charge on any atom is 0.738 e. The Kier molecular flexibility index (Phi) is 3.64. The monoisotopic (exact) mass is 476 g/mol. The van der Waals surface area contributed by atoms with E-state index in [1.165, 1.54) is 42.5 Å². The Morgan fingerprint density at radius 1 is 1.08 bits per heavy atom. The number of hydrogen-bond donors (Lipinski definition) is 0. The molecule has 2 aliphatic rings. The highest BCUT2D eigenvalue weighted by Crippen LogP contribution is 2.44. The van der Waals surface area contributed by atoms with Gasteiger partial charge < -0.3 is 17.6 Å². The van der Waals surface area contributed by atoms with Crippen LogP contribution in [0.5, 0.6) is 0 Å². The minimum Gasteiger partial charge on any atom is -0.389 e. The highest BCUT2D eigenvalue weighted by atomic mass is 79.9. The Morgan fingerprint density at radius 2 is 1.83 bits per heavy atom. The summed E-state index contributed by atoms with van der Waals surface area (Å²) < 4.78 is 46.8. The first-order valence-electron chi connectivity index (χ1n) is 6.92. The van der Waals surface area contributed by atoms with Gasteiger partial charge in [0.15, 0.2) is 5.70 Å². The third kappa shape index (κ3) is 2.06. The predicted molar refractivity (Wildman–Crippen MR) is 96.3 cm³/mol. The molecule has 0 amide bonds. The van der Waals surface area contributed by atoms with E-state index in [1.54, 1.807) is 0 Å². The van der Waals surface area contributed by atoms with E-state index in [4.69, 9.17) is 11.6 Å². The smallest absolute Gasteiger partial charge is 0.389 e. The van der Waals surface area contributed by atoms with Crippen molar-refractivity contribution in [1.82, 2.24) is 4.48 Å². The number of aromatic nitrogens is 1. The molecule has 24 heavy (non-hydrogen) atoms. The van der Waals surface area contributed by atoms with Gasteiger partial charge in [0.25, 0.3) is 0 Å². The second kappa shape index (κ2) is 5.38. The molecule has 0 aliphatic carbocycles. The minimum atomic E-state index is -4.13. The number of rotatable bonds is 1. The quantitative estimate of drug-likeness (QED) is 0.485. The molecule has 0 fully saturated rings. The number of halogens is 6. The summed E-state index contributed by atoms with van der Waals surface area (Å²) in [5.74, 6) is -0.567. The molecule has 2 aliphatic heterocycles. The molecular formula is C15H7BBr2ClF3N2. The zero-order valence-electron chi connectivity index (χ0n) is 11.8. The maximum absolute atomic E-state index is 15.1. The third-order valence-corrected chi connectivity index (χ3v) is 5.69. The fraction of sp³-hybridized carbons (Fsp3) is 0. The molecule has 1 aromatic heterocycles. The van der Waals surface area contributed by atoms with Gasteiger partial charge in [-0.2, -0.15) is 0 Å². The predicted octanol–water partition coefficient (Wildman–Crippen LogP) is 5.41. The normalized spacial score (nSPS) is 18.2. The topological polar surface area (TPSA) is 7.94 Å². The van der Waals surface area contributed by atoms with Crippen LogP contribution in [0.3, 0.4) is 0 Å². The molecule has 0 saturated carbocycles. The van der Waals surface area contributed by atoms with Gasteiger partial charge in [-0.15, -0.1) is 0 Å². The lowest BCUT2D eigenvalue weighted by Crippen LogP contribution is -2.50. The second-order valence-electron chi connectivity index (χ2n) is 5.38. The average molecular weight is 478 g/mol. The zero-order chi connectivity index (χ0) is 17.2. The van der Waals surface area contributed by atoms with Crippen molar-refractivity contribution >= 4 is 60.6 Å². The summed E-state index contributed by atoms with van der Waals surface area (Å²) in [6.45, 7) is -4.13. The molecule has 1 aromatic carbocycles. The van der Waals surface area contributed by atoms with Crippen LogP contribution in [0, 0.1) is 5.82 Å². The van der Waals surface area contributed by atoms with Gasteiger partial charge in [-0.1, -0.05) is 17.7 Å². The van der Waals surface area contributed by atoms with Gasteiger partial charge in [0.2, 0.25) is 4.62 Å². The first kappa shape index (κ1) is 16.2. The summed E-state index contributed by atoms with van der Waals surface area (Å²) in [4.78, 5) is 0. The van der Waals surface area contributed by atoms with Crippen molar-refractivity contribution in [3.05, 3.63) is 74.9 Å². The Morgan fingerprint density at radius 3 is 2.54 bits per heavy atom. The van der Waals surface area contributed by atoms with E-state index in [0.717, 1.165) is 8.96 Å². The van der Waals surface area contributed by atoms with Gasteiger partial charge in [0.1, 0.15) is 5.82 Å². The van der Waals surface area contributed by atoms with E-state index in [1.807, 2.05) is 0 Å². The van der Waals surface area contributed by atoms with Gasteiger partial charge >= 0.3 is 6.97 Å². The van der Waals surface area contributed by atoms with Crippen LogP contribution in [0.4, 0.5) is 13.0 Å². The van der Waals surface area contributed by atoms with E-state index in [-0.39, 0.29) is 31.2 Å². The van der Waals surface area contributed by atoms with Crippen molar-refractivity contribution in [2.75, 3.05) is 0 Å². The van der Waals surface area contributed by atoms with E-state index in [9.17, 15) is 4.39 Å². The lowest BCUT2D eigenvalue weighted by atomic mass is 9.86. The maximum atomic E-state index is 15.1. The summed E-state index contributed by atoms with van der Waals surface area (Å²) in [6.07, 6.45) is 3.04. The van der Waals surface area contributed by atoms with Crippen molar-refractivity contribution in [3.63, 3.8) is 0 Å². The molecular weight excluding hydrogens is 471 g/mol. The number of hydrogen-bond acceptors (Lipinski definition) is 0. The van der Waals surface area contributed by atoms with Crippen molar-refractivity contribution in [2.45, 2.75) is 0 Å². The first-order valence-corrected chi connectivity index (χ1v) is 8.88. The first-order chi connectivity index (χ1) is 11.3. The molecule has 3 heterocycles. The van der Waals surface area contributed by atoms with Crippen LogP contribution < -0.4 is 0 Å². The standard InChI is InChI=1S/C15H7BBr2ClF3N2/c17-12-6-4-10-15(14-8(19)2-1-3-9(14)20)11-5-7-13(18)24(11)16(21,22)23(10)12/h1-7H. The SMILES string of the molecule is Fc1cccc(Cl)c1C1=C2C=CC(Br)=[N+]2[B-](F)(F)n2c(Br)ccc21. The van der Waals surface area contributed by atoms with Crippen LogP contribution in [0.25, 0.3) is 5.57 Å². The molecule has 4 rings (SSSR count). The molecule has 2 nitrogen and oxygen atoms in total. The zero-order valence-corrected chi connectivity index (χ0v) is 15.7. The Hall–Kier alpha value is -1.25. The summed E-state index contributed by atoms with van der Waals surface area (Å²) in [5.41, 5.74) is 0.834. The van der Waals surface area contributed by atoms with E-state index < -0.39 is 12.8 Å². The second-order valence-corrected chi connectivity index (χ2v) is 7.41. The third-order valence-electron chi connectivity index (χ3n) is 4.08. The number of fused-ring (bicyclic) bond motifs is 2. The largest absolute Gasteiger partial charge is 0.738 e. The fourth-order valence-electron chi connectivity index (χ4n) is 3.13. The molecule has 0 saturated heterocycles. The summed E-state index contributed by atoms with van der Waals surface area (Å²) in [7, 11) is 0. The molecule has 0 atom stereocenters. The van der Waals surface area contributed by atoms with Gasteiger partial charge in [-0.25, -0.2) is 4.39 Å². The lowest BCUT2D eigenvalue weighted by molar-refractivity contribution is -0.358. The average Bonchev–Trinajstić information content (AvgIpc) is 3.07. The molecule has 0 N–H and O–H groups in total. The van der Waals surface area contributed by atoms with Gasteiger partial charge in [-0.3, -0.25) is 0 Å². The van der Waals surface area contributed by atoms with E-state index in [0.29, 0.717) is 5.57 Å². The number of nitrogens with zero attached hydrogens (tertiary/aromatic N) is 2. The van der Waals surface area contributed by atoms with Crippen molar-refractivity contribution in [3.8, 4) is 0 Å². The number of benzene rings is 1. The fourth-order valence-corrected chi connectivity index (χ4v) is 4.52. The summed E-state index contributed by atoms with van der Waals surface area (Å²) in [5, 5.41) is 0.162. The molecule has 0 spiro atoms. The van der Waals surface area contributed by atoms with E-state index >= 15 is 8.63 Å². The Bertz CT molecular complexity index is 974. The van der Waals surface area contributed by atoms with Crippen molar-refractivity contribution in [2.24, 2.45) is 0 Å². The van der Waals surface area contributed by atoms with Crippen LogP contribution in [-0.4, -0.2) is 20.6 Å². The molecule has 0 bridgehead atoms. The van der Waals surface area contributed by atoms with Crippen LogP contribution >= 0.6 is 43.5 Å². The van der Waals surface area contributed by atoms with Gasteiger partial charge in [0.05, 0.1) is 15.2 Å². The molecule has 9 heteroatoms. The molecule has 0 radical (unpaired) electrons. The van der Waals surface area contributed by atoms with Crippen LogP contribution in [0.15, 0.2) is 52.8 Å². The van der Waals surface area contributed by atoms with Crippen molar-refractivity contribution < 1.29 is 17.5 Å². The van der Waals surface area contributed by atoms with Crippen molar-refractivity contribution in [1.29, 1.82) is 0 Å². The van der Waals surface area contributed by atoms with Crippen LogP contribution in [0.1, 0.15) is 11.3 Å². The Balaban J connectivity index is 2.17. The van der Waals surface area contributed by atoms with Gasteiger partial charge in [0, 0.05) is 39.3 Å². The van der Waals surface area contributed by atoms with Gasteiger partial charge in [-0.05, 0) is 40.2 Å². The molecule has 122 valence electrons. The van der Waals surface area contributed by atoms with E-state index in [2.05, 4.69) is 31.9 Å².